The number of fused-ring (bicyclic) bond motifs is 1. The quantitative estimate of drug-likeness (QED) is 0.390. The first-order valence-electron chi connectivity index (χ1n) is 10.4. The van der Waals surface area contributed by atoms with Crippen molar-refractivity contribution in [2.24, 2.45) is 5.73 Å². The first-order valence-corrected chi connectivity index (χ1v) is 10.4. The van der Waals surface area contributed by atoms with E-state index in [-0.39, 0.29) is 22.2 Å². The molecule has 0 aliphatic carbocycles. The summed E-state index contributed by atoms with van der Waals surface area (Å²) in [6.45, 7) is 0. The average Bonchev–Trinajstić information content (AvgIpc) is 3.49. The third-order valence-corrected chi connectivity index (χ3v) is 5.55. The van der Waals surface area contributed by atoms with Gasteiger partial charge in [0.2, 0.25) is 5.91 Å². The smallest absolute Gasteiger partial charge is 0.386 e. The van der Waals surface area contributed by atoms with Crippen LogP contribution < -0.4 is 11.1 Å². The van der Waals surface area contributed by atoms with E-state index in [4.69, 9.17) is 5.73 Å². The van der Waals surface area contributed by atoms with E-state index in [1.807, 2.05) is 6.07 Å². The molecular formula is C24H18F3N7O. The molecule has 0 saturated carbocycles. The van der Waals surface area contributed by atoms with Gasteiger partial charge in [0.15, 0.2) is 5.69 Å². The van der Waals surface area contributed by atoms with Crippen LogP contribution in [0.5, 0.6) is 0 Å². The number of alkyl halides is 3. The van der Waals surface area contributed by atoms with Crippen molar-refractivity contribution in [3.8, 4) is 22.6 Å². The lowest BCUT2D eigenvalue weighted by Crippen LogP contribution is -2.12. The minimum atomic E-state index is -4.72. The van der Waals surface area contributed by atoms with Crippen LogP contribution >= 0.6 is 0 Å². The summed E-state index contributed by atoms with van der Waals surface area (Å²) in [6.07, 6.45) is 1.63. The lowest BCUT2D eigenvalue weighted by atomic mass is 10.1. The number of pyridine rings is 1. The second-order valence-corrected chi connectivity index (χ2v) is 7.68. The van der Waals surface area contributed by atoms with Crippen LogP contribution in [0.2, 0.25) is 0 Å². The topological polar surface area (TPSA) is 104 Å². The number of benzene rings is 2. The number of imidazole rings is 1. The van der Waals surface area contributed by atoms with Gasteiger partial charge in [0.05, 0.1) is 40.0 Å². The summed E-state index contributed by atoms with van der Waals surface area (Å²) >= 11 is 0. The van der Waals surface area contributed by atoms with E-state index in [1.54, 1.807) is 49.9 Å². The second kappa shape index (κ2) is 8.28. The molecule has 8 nitrogen and oxygen atoms in total. The number of anilines is 1. The van der Waals surface area contributed by atoms with Crippen LogP contribution in [0.15, 0.2) is 73.4 Å². The molecule has 2 aromatic carbocycles. The van der Waals surface area contributed by atoms with Gasteiger partial charge in [-0.2, -0.15) is 18.3 Å². The number of hydrogen-bond donors (Lipinski definition) is 2. The Balaban J connectivity index is 1.74. The summed E-state index contributed by atoms with van der Waals surface area (Å²) in [6, 6.07) is 12.8. The molecule has 0 radical (unpaired) electrons. The van der Waals surface area contributed by atoms with Crippen molar-refractivity contribution in [2.75, 3.05) is 12.4 Å². The SMILES string of the molecule is CNc1cc(C(N)=O)ccc1-n1nc(C(F)(F)F)c2c(-n3cnc(-c4cccnc4)c3)cccc21. The van der Waals surface area contributed by atoms with Gasteiger partial charge in [0, 0.05) is 36.8 Å². The van der Waals surface area contributed by atoms with Crippen LogP contribution in [0.25, 0.3) is 33.5 Å². The second-order valence-electron chi connectivity index (χ2n) is 7.68. The predicted molar refractivity (Wildman–Crippen MR) is 124 cm³/mol. The third-order valence-electron chi connectivity index (χ3n) is 5.55. The van der Waals surface area contributed by atoms with Gasteiger partial charge in [0.1, 0.15) is 0 Å². The number of primary amides is 1. The molecule has 5 aromatic rings. The van der Waals surface area contributed by atoms with Gasteiger partial charge in [-0.3, -0.25) is 9.78 Å². The van der Waals surface area contributed by atoms with E-state index in [0.717, 1.165) is 5.56 Å². The molecule has 0 aliphatic rings. The van der Waals surface area contributed by atoms with E-state index in [9.17, 15) is 18.0 Å². The molecule has 0 bridgehead atoms. The summed E-state index contributed by atoms with van der Waals surface area (Å²) in [5.41, 5.74) is 7.05. The van der Waals surface area contributed by atoms with Crippen LogP contribution in [0, 0.1) is 0 Å². The number of aromatic nitrogens is 5. The normalized spacial score (nSPS) is 11.7. The molecule has 1 amide bonds. The third kappa shape index (κ3) is 3.86. The van der Waals surface area contributed by atoms with E-state index in [2.05, 4.69) is 20.4 Å². The maximum atomic E-state index is 14.2. The highest BCUT2D eigenvalue weighted by Crippen LogP contribution is 2.39. The van der Waals surface area contributed by atoms with Crippen LogP contribution in [0.1, 0.15) is 16.1 Å². The fraction of sp³-hybridized carbons (Fsp3) is 0.0833. The summed E-state index contributed by atoms with van der Waals surface area (Å²) in [4.78, 5) is 20.0. The lowest BCUT2D eigenvalue weighted by molar-refractivity contribution is -0.140. The monoisotopic (exact) mass is 477 g/mol. The highest BCUT2D eigenvalue weighted by atomic mass is 19.4. The number of hydrogen-bond acceptors (Lipinski definition) is 5. The van der Waals surface area contributed by atoms with E-state index in [0.29, 0.717) is 17.1 Å². The number of carbonyl (C=O) groups excluding carboxylic acids is 1. The number of carbonyl (C=O) groups is 1. The molecule has 0 unspecified atom stereocenters. The minimum absolute atomic E-state index is 0.0869. The van der Waals surface area contributed by atoms with Crippen molar-refractivity contribution in [1.82, 2.24) is 24.3 Å². The molecule has 0 aliphatic heterocycles. The minimum Gasteiger partial charge on any atom is -0.386 e. The van der Waals surface area contributed by atoms with Crippen molar-refractivity contribution in [3.05, 3.63) is 84.7 Å². The van der Waals surface area contributed by atoms with Gasteiger partial charge in [0.25, 0.3) is 0 Å². The van der Waals surface area contributed by atoms with Crippen LogP contribution in [0.4, 0.5) is 18.9 Å². The Kier molecular flexibility index (Phi) is 5.24. The Hall–Kier alpha value is -4.67. The van der Waals surface area contributed by atoms with Crippen LogP contribution in [-0.2, 0) is 6.18 Å². The summed E-state index contributed by atoms with van der Waals surface area (Å²) in [5, 5.41) is 6.77. The van der Waals surface area contributed by atoms with Crippen molar-refractivity contribution < 1.29 is 18.0 Å². The highest BCUT2D eigenvalue weighted by Gasteiger charge is 2.38. The Morgan fingerprint density at radius 1 is 1.09 bits per heavy atom. The lowest BCUT2D eigenvalue weighted by Gasteiger charge is -2.12. The highest BCUT2D eigenvalue weighted by molar-refractivity contribution is 5.96. The fourth-order valence-electron chi connectivity index (χ4n) is 3.94. The van der Waals surface area contributed by atoms with Gasteiger partial charge < -0.3 is 15.6 Å². The maximum Gasteiger partial charge on any atom is 0.435 e. The van der Waals surface area contributed by atoms with Gasteiger partial charge >= 0.3 is 6.18 Å². The van der Waals surface area contributed by atoms with Gasteiger partial charge in [-0.1, -0.05) is 6.07 Å². The van der Waals surface area contributed by atoms with Crippen LogP contribution in [0.3, 0.4) is 0 Å². The Morgan fingerprint density at radius 2 is 1.91 bits per heavy atom. The zero-order chi connectivity index (χ0) is 24.7. The largest absolute Gasteiger partial charge is 0.435 e. The number of halogens is 3. The van der Waals surface area contributed by atoms with Crippen molar-refractivity contribution in [1.29, 1.82) is 0 Å². The molecule has 0 fully saturated rings. The number of rotatable bonds is 5. The number of nitrogens with one attached hydrogen (secondary N) is 1. The van der Waals surface area contributed by atoms with E-state index in [1.165, 1.54) is 33.8 Å². The van der Waals surface area contributed by atoms with Gasteiger partial charge in [-0.05, 0) is 42.5 Å². The molecule has 0 saturated heterocycles. The molecular weight excluding hydrogens is 459 g/mol. The molecule has 35 heavy (non-hydrogen) atoms. The van der Waals surface area contributed by atoms with Crippen molar-refractivity contribution in [3.63, 3.8) is 0 Å². The zero-order valence-electron chi connectivity index (χ0n) is 18.3. The first-order chi connectivity index (χ1) is 16.8. The summed E-state index contributed by atoms with van der Waals surface area (Å²) in [7, 11) is 1.59. The fourth-order valence-corrected chi connectivity index (χ4v) is 3.94. The van der Waals surface area contributed by atoms with E-state index >= 15 is 0 Å². The molecule has 0 atom stereocenters. The predicted octanol–water partition coefficient (Wildman–Crippen LogP) is 4.43. The molecule has 5 rings (SSSR count). The summed E-state index contributed by atoms with van der Waals surface area (Å²) in [5.74, 6) is -0.652. The molecule has 3 heterocycles. The van der Waals surface area contributed by atoms with Gasteiger partial charge in [-0.15, -0.1) is 0 Å². The number of amides is 1. The molecule has 176 valence electrons. The first kappa shape index (κ1) is 22.1. The van der Waals surface area contributed by atoms with Gasteiger partial charge in [-0.25, -0.2) is 9.67 Å². The van der Waals surface area contributed by atoms with Crippen molar-refractivity contribution in [2.45, 2.75) is 6.18 Å². The maximum absolute atomic E-state index is 14.2. The Labute approximate surface area is 196 Å². The van der Waals surface area contributed by atoms with Crippen molar-refractivity contribution >= 4 is 22.5 Å². The standard InChI is InChI=1S/C24H18F3N7O/c1-29-16-10-14(23(28)35)7-8-18(16)34-20-6-2-5-19(21(20)22(32-34)24(25,26)27)33-12-17(31-13-33)15-4-3-9-30-11-15/h2-13,29H,1H3,(H2,28,35). The van der Waals surface area contributed by atoms with Crippen LogP contribution in [-0.4, -0.2) is 37.3 Å². The molecule has 3 aromatic heterocycles. The molecule has 0 spiro atoms. The molecule has 3 N–H and O–H groups in total. The summed E-state index contributed by atoms with van der Waals surface area (Å²) < 4.78 is 45.3. The molecule has 11 heteroatoms. The average molecular weight is 477 g/mol. The number of nitrogens with two attached hydrogens (primary N) is 1. The number of nitrogens with zero attached hydrogens (tertiary/aromatic N) is 5. The Bertz CT molecular complexity index is 1550. The Morgan fingerprint density at radius 3 is 2.60 bits per heavy atom. The van der Waals surface area contributed by atoms with E-state index < -0.39 is 17.8 Å². The zero-order valence-corrected chi connectivity index (χ0v) is 18.3.